The minimum atomic E-state index is -0.172. The topological polar surface area (TPSA) is 74.8 Å². The number of aromatic nitrogens is 2. The molecule has 0 aliphatic carbocycles. The van der Waals surface area contributed by atoms with Gasteiger partial charge in [0.15, 0.2) is 0 Å². The Morgan fingerprint density at radius 2 is 1.88 bits per heavy atom. The van der Waals surface area contributed by atoms with Crippen molar-refractivity contribution in [2.75, 3.05) is 0 Å². The minimum Gasteiger partial charge on any atom is -0.350 e. The number of aromatic amines is 1. The molecule has 0 spiro atoms. The van der Waals surface area contributed by atoms with Gasteiger partial charge in [0, 0.05) is 12.8 Å². The molecule has 0 saturated carbocycles. The number of benzene rings is 2. The summed E-state index contributed by atoms with van der Waals surface area (Å²) < 4.78 is 0. The summed E-state index contributed by atoms with van der Waals surface area (Å²) in [5.74, 6) is 0.464. The predicted molar refractivity (Wildman–Crippen MR) is 98.4 cm³/mol. The van der Waals surface area contributed by atoms with Crippen molar-refractivity contribution in [1.82, 2.24) is 15.3 Å². The van der Waals surface area contributed by atoms with Crippen LogP contribution in [0.5, 0.6) is 0 Å². The maximum Gasteiger partial charge on any atom is 0.258 e. The van der Waals surface area contributed by atoms with Crippen LogP contribution in [0.4, 0.5) is 0 Å². The summed E-state index contributed by atoms with van der Waals surface area (Å²) in [4.78, 5) is 31.4. The number of carbonyl (C=O) groups excluding carboxylic acids is 1. The standard InChI is InChI=1S/C20H21N3O2/c1-13-7-9-15(10-8-13)14(2)21-19(24)12-11-18-22-17-6-4-3-5-16(17)20(25)23-18/h3-10,14H,11-12H2,1-2H3,(H,21,24)(H,22,23,25). The highest BCUT2D eigenvalue weighted by atomic mass is 16.1. The Labute approximate surface area is 146 Å². The number of H-pyrrole nitrogens is 1. The Bertz CT molecular complexity index is 945. The molecule has 3 aromatic rings. The van der Waals surface area contributed by atoms with Gasteiger partial charge in [-0.1, -0.05) is 42.0 Å². The van der Waals surface area contributed by atoms with E-state index in [0.717, 1.165) is 5.56 Å². The number of hydrogen-bond donors (Lipinski definition) is 2. The number of fused-ring (bicyclic) bond motifs is 1. The molecule has 1 atom stereocenters. The number of amides is 1. The first-order valence-electron chi connectivity index (χ1n) is 8.37. The first kappa shape index (κ1) is 16.9. The molecule has 0 aliphatic rings. The zero-order valence-electron chi connectivity index (χ0n) is 14.4. The van der Waals surface area contributed by atoms with Crippen LogP contribution in [0, 0.1) is 6.92 Å². The van der Waals surface area contributed by atoms with Crippen LogP contribution < -0.4 is 10.9 Å². The summed E-state index contributed by atoms with van der Waals surface area (Å²) in [6.45, 7) is 3.99. The second-order valence-corrected chi connectivity index (χ2v) is 6.23. The second-order valence-electron chi connectivity index (χ2n) is 6.23. The summed E-state index contributed by atoms with van der Waals surface area (Å²) in [5.41, 5.74) is 2.73. The van der Waals surface area contributed by atoms with Crippen LogP contribution in [0.25, 0.3) is 10.9 Å². The third-order valence-corrected chi connectivity index (χ3v) is 4.21. The van der Waals surface area contributed by atoms with E-state index in [2.05, 4.69) is 15.3 Å². The minimum absolute atomic E-state index is 0.0586. The predicted octanol–water partition coefficient (Wildman–Crippen LogP) is 3.04. The smallest absolute Gasteiger partial charge is 0.258 e. The molecule has 1 aromatic heterocycles. The number of aryl methyl sites for hydroxylation is 2. The molecule has 3 rings (SSSR count). The van der Waals surface area contributed by atoms with Crippen molar-refractivity contribution in [3.05, 3.63) is 75.8 Å². The van der Waals surface area contributed by atoms with E-state index < -0.39 is 0 Å². The van der Waals surface area contributed by atoms with E-state index in [9.17, 15) is 9.59 Å². The van der Waals surface area contributed by atoms with Crippen molar-refractivity contribution in [1.29, 1.82) is 0 Å². The van der Waals surface area contributed by atoms with Gasteiger partial charge in [0.1, 0.15) is 5.82 Å². The van der Waals surface area contributed by atoms with E-state index in [1.54, 1.807) is 18.2 Å². The zero-order valence-corrected chi connectivity index (χ0v) is 14.4. The quantitative estimate of drug-likeness (QED) is 0.752. The van der Waals surface area contributed by atoms with Gasteiger partial charge in [0.25, 0.3) is 5.56 Å². The Morgan fingerprint density at radius 1 is 1.16 bits per heavy atom. The van der Waals surface area contributed by atoms with Crippen molar-refractivity contribution in [3.63, 3.8) is 0 Å². The maximum absolute atomic E-state index is 12.2. The zero-order chi connectivity index (χ0) is 17.8. The van der Waals surface area contributed by atoms with E-state index >= 15 is 0 Å². The molecule has 0 radical (unpaired) electrons. The molecule has 0 fully saturated rings. The van der Waals surface area contributed by atoms with Gasteiger partial charge in [0.05, 0.1) is 16.9 Å². The van der Waals surface area contributed by atoms with Crippen molar-refractivity contribution in [2.24, 2.45) is 0 Å². The second kappa shape index (κ2) is 7.30. The van der Waals surface area contributed by atoms with E-state index in [1.807, 2.05) is 44.2 Å². The number of hydrogen-bond acceptors (Lipinski definition) is 3. The molecule has 1 amide bonds. The van der Waals surface area contributed by atoms with E-state index in [1.165, 1.54) is 5.56 Å². The Kier molecular flexibility index (Phi) is 4.93. The molecule has 5 nitrogen and oxygen atoms in total. The molecule has 0 saturated heterocycles. The number of nitrogens with one attached hydrogen (secondary N) is 2. The highest BCUT2D eigenvalue weighted by Gasteiger charge is 2.11. The Balaban J connectivity index is 1.62. The lowest BCUT2D eigenvalue weighted by molar-refractivity contribution is -0.121. The molecule has 5 heteroatoms. The van der Waals surface area contributed by atoms with E-state index in [4.69, 9.17) is 0 Å². The van der Waals surface area contributed by atoms with Gasteiger partial charge in [-0.3, -0.25) is 9.59 Å². The lowest BCUT2D eigenvalue weighted by Crippen LogP contribution is -2.27. The van der Waals surface area contributed by atoms with Gasteiger partial charge in [-0.25, -0.2) is 4.98 Å². The number of carbonyl (C=O) groups is 1. The fraction of sp³-hybridized carbons (Fsp3) is 0.250. The lowest BCUT2D eigenvalue weighted by Gasteiger charge is -2.14. The molecule has 2 aromatic carbocycles. The Hall–Kier alpha value is -2.95. The van der Waals surface area contributed by atoms with Gasteiger partial charge in [0.2, 0.25) is 5.91 Å². The third-order valence-electron chi connectivity index (χ3n) is 4.21. The van der Waals surface area contributed by atoms with Crippen molar-refractivity contribution < 1.29 is 4.79 Å². The molecule has 25 heavy (non-hydrogen) atoms. The highest BCUT2D eigenvalue weighted by Crippen LogP contribution is 2.13. The molecule has 2 N–H and O–H groups in total. The average Bonchev–Trinajstić information content (AvgIpc) is 2.60. The van der Waals surface area contributed by atoms with E-state index in [-0.39, 0.29) is 23.9 Å². The van der Waals surface area contributed by atoms with Crippen molar-refractivity contribution in [2.45, 2.75) is 32.7 Å². The first-order valence-corrected chi connectivity index (χ1v) is 8.37. The van der Waals surface area contributed by atoms with Gasteiger partial charge < -0.3 is 10.3 Å². The molecule has 0 bridgehead atoms. The summed E-state index contributed by atoms with van der Waals surface area (Å²) >= 11 is 0. The average molecular weight is 335 g/mol. The number of nitrogens with zero attached hydrogens (tertiary/aromatic N) is 1. The Morgan fingerprint density at radius 3 is 2.64 bits per heavy atom. The third kappa shape index (κ3) is 4.12. The van der Waals surface area contributed by atoms with Crippen molar-refractivity contribution >= 4 is 16.8 Å². The fourth-order valence-corrected chi connectivity index (χ4v) is 2.74. The molecular formula is C20H21N3O2. The lowest BCUT2D eigenvalue weighted by atomic mass is 10.1. The van der Waals surface area contributed by atoms with Gasteiger partial charge in [-0.15, -0.1) is 0 Å². The largest absolute Gasteiger partial charge is 0.350 e. The van der Waals surface area contributed by atoms with Crippen LogP contribution in [0.15, 0.2) is 53.3 Å². The van der Waals surface area contributed by atoms with Crippen LogP contribution in [0.2, 0.25) is 0 Å². The molecular weight excluding hydrogens is 314 g/mol. The maximum atomic E-state index is 12.2. The number of para-hydroxylation sites is 1. The monoisotopic (exact) mass is 335 g/mol. The van der Waals surface area contributed by atoms with Crippen LogP contribution in [0.1, 0.15) is 36.3 Å². The summed E-state index contributed by atoms with van der Waals surface area (Å²) in [6.07, 6.45) is 0.671. The molecule has 1 unspecified atom stereocenters. The summed E-state index contributed by atoms with van der Waals surface area (Å²) in [5, 5.41) is 3.54. The molecule has 128 valence electrons. The molecule has 1 heterocycles. The first-order chi connectivity index (χ1) is 12.0. The SMILES string of the molecule is Cc1ccc(C(C)NC(=O)CCc2nc3ccccc3c(=O)[nH]2)cc1. The fourth-order valence-electron chi connectivity index (χ4n) is 2.74. The van der Waals surface area contributed by atoms with Gasteiger partial charge in [-0.05, 0) is 31.5 Å². The van der Waals surface area contributed by atoms with Crippen LogP contribution in [0.3, 0.4) is 0 Å². The van der Waals surface area contributed by atoms with E-state index in [0.29, 0.717) is 23.1 Å². The highest BCUT2D eigenvalue weighted by molar-refractivity contribution is 5.78. The van der Waals surface area contributed by atoms with Crippen LogP contribution >= 0.6 is 0 Å². The summed E-state index contributed by atoms with van der Waals surface area (Å²) in [7, 11) is 0. The molecule has 0 aliphatic heterocycles. The van der Waals surface area contributed by atoms with Crippen LogP contribution in [-0.4, -0.2) is 15.9 Å². The van der Waals surface area contributed by atoms with Gasteiger partial charge >= 0.3 is 0 Å². The summed E-state index contributed by atoms with van der Waals surface area (Å²) in [6, 6.07) is 15.2. The van der Waals surface area contributed by atoms with Crippen LogP contribution in [-0.2, 0) is 11.2 Å². The van der Waals surface area contributed by atoms with Gasteiger partial charge in [-0.2, -0.15) is 0 Å². The van der Waals surface area contributed by atoms with Crippen molar-refractivity contribution in [3.8, 4) is 0 Å². The number of rotatable bonds is 5. The normalized spacial score (nSPS) is 12.1.